The molecule has 1 aliphatic heterocycles. The Bertz CT molecular complexity index is 296. The van der Waals surface area contributed by atoms with E-state index in [9.17, 15) is 0 Å². The van der Waals surface area contributed by atoms with Gasteiger partial charge in [-0.25, -0.2) is 0 Å². The van der Waals surface area contributed by atoms with Crippen molar-refractivity contribution >= 4 is 0 Å². The van der Waals surface area contributed by atoms with Crippen LogP contribution in [0.15, 0.2) is 30.3 Å². The largest absolute Gasteiger partial charge is 0.379 e. The van der Waals surface area contributed by atoms with Crippen LogP contribution in [0.4, 0.5) is 0 Å². The van der Waals surface area contributed by atoms with Crippen molar-refractivity contribution in [3.8, 4) is 0 Å². The Balaban J connectivity index is 2.09. The van der Waals surface area contributed by atoms with Crippen LogP contribution in [0.5, 0.6) is 0 Å². The summed E-state index contributed by atoms with van der Waals surface area (Å²) in [6.07, 6.45) is 0. The minimum atomic E-state index is 0.468. The van der Waals surface area contributed by atoms with E-state index in [0.29, 0.717) is 6.04 Å². The number of nitrogens with zero attached hydrogens (tertiary/aromatic N) is 1. The maximum atomic E-state index is 5.40. The highest BCUT2D eigenvalue weighted by Crippen LogP contribution is 2.20. The predicted molar refractivity (Wildman–Crippen MR) is 65.5 cm³/mol. The number of ether oxygens (including phenoxy) is 1. The Morgan fingerprint density at radius 1 is 1.25 bits per heavy atom. The first-order valence-electron chi connectivity index (χ1n) is 5.93. The van der Waals surface area contributed by atoms with Crippen LogP contribution < -0.4 is 5.32 Å². The van der Waals surface area contributed by atoms with Gasteiger partial charge in [-0.2, -0.15) is 0 Å². The number of hydrogen-bond donors (Lipinski definition) is 1. The summed E-state index contributed by atoms with van der Waals surface area (Å²) < 4.78 is 5.40. The van der Waals surface area contributed by atoms with E-state index in [1.807, 2.05) is 7.05 Å². The second-order valence-electron chi connectivity index (χ2n) is 4.13. The lowest BCUT2D eigenvalue weighted by Crippen LogP contribution is -2.42. The summed E-state index contributed by atoms with van der Waals surface area (Å²) in [6, 6.07) is 11.2. The third-order valence-electron chi connectivity index (χ3n) is 3.07. The lowest BCUT2D eigenvalue weighted by atomic mass is 10.0. The number of rotatable bonds is 4. The monoisotopic (exact) mass is 220 g/mol. The molecule has 1 saturated heterocycles. The second kappa shape index (κ2) is 5.99. The van der Waals surface area contributed by atoms with Crippen molar-refractivity contribution in [2.45, 2.75) is 6.04 Å². The maximum Gasteiger partial charge on any atom is 0.0594 e. The lowest BCUT2D eigenvalue weighted by Gasteiger charge is -2.34. The Kier molecular flexibility index (Phi) is 4.34. The molecule has 1 aliphatic rings. The first kappa shape index (κ1) is 11.6. The number of likely N-dealkylation sites (N-methyl/N-ethyl adjacent to an activating group) is 1. The van der Waals surface area contributed by atoms with E-state index in [2.05, 4.69) is 40.5 Å². The van der Waals surface area contributed by atoms with Gasteiger partial charge in [0, 0.05) is 25.7 Å². The molecular weight excluding hydrogens is 200 g/mol. The normalized spacial score (nSPS) is 19.6. The number of hydrogen-bond acceptors (Lipinski definition) is 3. The molecule has 2 rings (SSSR count). The molecule has 1 N–H and O–H groups in total. The molecular formula is C13H20N2O. The van der Waals surface area contributed by atoms with Crippen molar-refractivity contribution in [2.24, 2.45) is 0 Å². The van der Waals surface area contributed by atoms with Gasteiger partial charge in [0.1, 0.15) is 0 Å². The average Bonchev–Trinajstić information content (AvgIpc) is 2.38. The predicted octanol–water partition coefficient (Wildman–Crippen LogP) is 1.28. The maximum absolute atomic E-state index is 5.40. The molecule has 0 spiro atoms. The molecule has 3 nitrogen and oxygen atoms in total. The first-order valence-corrected chi connectivity index (χ1v) is 5.93. The molecule has 16 heavy (non-hydrogen) atoms. The van der Waals surface area contributed by atoms with Crippen LogP contribution >= 0.6 is 0 Å². The molecule has 0 aliphatic carbocycles. The minimum Gasteiger partial charge on any atom is -0.379 e. The van der Waals surface area contributed by atoms with Gasteiger partial charge >= 0.3 is 0 Å². The minimum absolute atomic E-state index is 0.468. The van der Waals surface area contributed by atoms with E-state index in [1.54, 1.807) is 0 Å². The molecule has 0 amide bonds. The summed E-state index contributed by atoms with van der Waals surface area (Å²) >= 11 is 0. The molecule has 1 aromatic carbocycles. The quantitative estimate of drug-likeness (QED) is 0.827. The van der Waals surface area contributed by atoms with E-state index in [1.165, 1.54) is 5.56 Å². The molecule has 1 fully saturated rings. The lowest BCUT2D eigenvalue weighted by molar-refractivity contribution is 0.0165. The van der Waals surface area contributed by atoms with Crippen LogP contribution in [0.25, 0.3) is 0 Å². The van der Waals surface area contributed by atoms with Crippen LogP contribution in [0.2, 0.25) is 0 Å². The van der Waals surface area contributed by atoms with Crippen LogP contribution in [-0.2, 0) is 4.74 Å². The first-order chi connectivity index (χ1) is 7.92. The summed E-state index contributed by atoms with van der Waals surface area (Å²) in [5.41, 5.74) is 1.39. The van der Waals surface area contributed by atoms with Gasteiger partial charge in [0.2, 0.25) is 0 Å². The third kappa shape index (κ3) is 2.82. The molecule has 0 saturated carbocycles. The molecule has 0 bridgehead atoms. The van der Waals surface area contributed by atoms with Gasteiger partial charge in [0.15, 0.2) is 0 Å². The molecule has 1 atom stereocenters. The van der Waals surface area contributed by atoms with Crippen molar-refractivity contribution in [1.82, 2.24) is 10.2 Å². The highest BCUT2D eigenvalue weighted by Gasteiger charge is 2.21. The Morgan fingerprint density at radius 2 is 1.94 bits per heavy atom. The molecule has 1 heterocycles. The van der Waals surface area contributed by atoms with E-state index < -0.39 is 0 Å². The smallest absolute Gasteiger partial charge is 0.0594 e. The third-order valence-corrected chi connectivity index (χ3v) is 3.07. The zero-order valence-corrected chi connectivity index (χ0v) is 9.86. The zero-order valence-electron chi connectivity index (χ0n) is 9.86. The Hall–Kier alpha value is -0.900. The average molecular weight is 220 g/mol. The summed E-state index contributed by atoms with van der Waals surface area (Å²) in [6.45, 7) is 4.76. The molecule has 0 unspecified atom stereocenters. The van der Waals surface area contributed by atoms with Crippen LogP contribution in [0.1, 0.15) is 11.6 Å². The zero-order chi connectivity index (χ0) is 11.2. The summed E-state index contributed by atoms with van der Waals surface area (Å²) in [5.74, 6) is 0. The standard InChI is InChI=1S/C13H20N2O/c1-14-11-13(12-5-3-2-4-6-12)15-7-9-16-10-8-15/h2-6,13-14H,7-11H2,1H3/t13-/m1/s1. The summed E-state index contributed by atoms with van der Waals surface area (Å²) in [4.78, 5) is 2.50. The van der Waals surface area contributed by atoms with Gasteiger partial charge in [0.25, 0.3) is 0 Å². The van der Waals surface area contributed by atoms with Crippen LogP contribution in [0.3, 0.4) is 0 Å². The van der Waals surface area contributed by atoms with E-state index >= 15 is 0 Å². The van der Waals surface area contributed by atoms with Gasteiger partial charge < -0.3 is 10.1 Å². The van der Waals surface area contributed by atoms with Crippen molar-refractivity contribution in [3.63, 3.8) is 0 Å². The van der Waals surface area contributed by atoms with Gasteiger partial charge in [-0.15, -0.1) is 0 Å². The van der Waals surface area contributed by atoms with Gasteiger partial charge in [-0.05, 0) is 12.6 Å². The molecule has 0 aromatic heterocycles. The van der Waals surface area contributed by atoms with Crippen LogP contribution in [-0.4, -0.2) is 44.8 Å². The second-order valence-corrected chi connectivity index (χ2v) is 4.13. The highest BCUT2D eigenvalue weighted by molar-refractivity contribution is 5.19. The fourth-order valence-electron chi connectivity index (χ4n) is 2.22. The SMILES string of the molecule is CNC[C@H](c1ccccc1)N1CCOCC1. The number of benzene rings is 1. The van der Waals surface area contributed by atoms with Gasteiger partial charge in [-0.3, -0.25) is 4.90 Å². The number of morpholine rings is 1. The van der Waals surface area contributed by atoms with E-state index in [4.69, 9.17) is 4.74 Å². The van der Waals surface area contributed by atoms with Crippen LogP contribution in [0, 0.1) is 0 Å². The fraction of sp³-hybridized carbons (Fsp3) is 0.538. The summed E-state index contributed by atoms with van der Waals surface area (Å²) in [7, 11) is 2.01. The topological polar surface area (TPSA) is 24.5 Å². The van der Waals surface area contributed by atoms with Gasteiger partial charge in [-0.1, -0.05) is 30.3 Å². The van der Waals surface area contributed by atoms with Crippen molar-refractivity contribution in [2.75, 3.05) is 39.9 Å². The van der Waals surface area contributed by atoms with Crippen molar-refractivity contribution in [1.29, 1.82) is 0 Å². The van der Waals surface area contributed by atoms with Crippen molar-refractivity contribution in [3.05, 3.63) is 35.9 Å². The highest BCUT2D eigenvalue weighted by atomic mass is 16.5. The molecule has 1 aromatic rings. The Morgan fingerprint density at radius 3 is 2.56 bits per heavy atom. The van der Waals surface area contributed by atoms with Gasteiger partial charge in [0.05, 0.1) is 13.2 Å². The molecule has 3 heteroatoms. The number of nitrogens with one attached hydrogen (secondary N) is 1. The summed E-state index contributed by atoms with van der Waals surface area (Å²) in [5, 5.41) is 3.28. The Labute approximate surface area is 97.4 Å². The molecule has 88 valence electrons. The van der Waals surface area contributed by atoms with E-state index in [0.717, 1.165) is 32.8 Å². The van der Waals surface area contributed by atoms with E-state index in [-0.39, 0.29) is 0 Å². The molecule has 0 radical (unpaired) electrons. The van der Waals surface area contributed by atoms with Crippen molar-refractivity contribution < 1.29 is 4.74 Å². The fourth-order valence-corrected chi connectivity index (χ4v) is 2.22.